The normalized spacial score (nSPS) is 11.8. The van der Waals surface area contributed by atoms with Gasteiger partial charge in [-0.25, -0.2) is 4.39 Å². The lowest BCUT2D eigenvalue weighted by Crippen LogP contribution is -2.42. The topological polar surface area (TPSA) is 32.3 Å². The van der Waals surface area contributed by atoms with Crippen LogP contribution in [0.3, 0.4) is 0 Å². The summed E-state index contributed by atoms with van der Waals surface area (Å²) in [5.41, 5.74) is 0.601. The van der Waals surface area contributed by atoms with E-state index in [1.807, 2.05) is 12.1 Å². The quantitative estimate of drug-likeness (QED) is 0.580. The number of hydrogen-bond donors (Lipinski definition) is 2. The van der Waals surface area contributed by atoms with Crippen molar-refractivity contribution in [1.82, 2.24) is 5.32 Å². The van der Waals surface area contributed by atoms with Gasteiger partial charge in [-0.3, -0.25) is 0 Å². The Morgan fingerprint density at radius 2 is 2.06 bits per heavy atom. The molecule has 0 atom stereocenters. The molecule has 4 heteroatoms. The summed E-state index contributed by atoms with van der Waals surface area (Å²) in [6.45, 7) is 4.95. The van der Waals surface area contributed by atoms with E-state index in [1.54, 1.807) is 6.07 Å². The number of halogens is 1. The Labute approximate surface area is 107 Å². The molecule has 0 aliphatic heterocycles. The van der Waals surface area contributed by atoms with Crippen molar-refractivity contribution in [2.75, 3.05) is 12.3 Å². The highest BCUT2D eigenvalue weighted by Crippen LogP contribution is 2.15. The predicted octanol–water partition coefficient (Wildman–Crippen LogP) is 3.33. The SMILES string of the molecule is CC(C)(Cc1ccccc1F)NCCCSO. The average molecular weight is 257 g/mol. The summed E-state index contributed by atoms with van der Waals surface area (Å²) in [4.78, 5) is 0. The summed E-state index contributed by atoms with van der Waals surface area (Å²) < 4.78 is 22.1. The Kier molecular flexibility index (Phi) is 5.95. The van der Waals surface area contributed by atoms with Gasteiger partial charge in [0.25, 0.3) is 0 Å². The third-order valence-corrected chi connectivity index (χ3v) is 3.08. The minimum Gasteiger partial charge on any atom is -0.330 e. The van der Waals surface area contributed by atoms with Crippen LogP contribution in [0.1, 0.15) is 25.8 Å². The van der Waals surface area contributed by atoms with Crippen LogP contribution in [0.5, 0.6) is 0 Å². The van der Waals surface area contributed by atoms with Crippen molar-refractivity contribution in [1.29, 1.82) is 0 Å². The van der Waals surface area contributed by atoms with E-state index in [0.29, 0.717) is 6.42 Å². The highest BCUT2D eigenvalue weighted by atomic mass is 32.2. The van der Waals surface area contributed by atoms with Gasteiger partial charge in [0.15, 0.2) is 0 Å². The summed E-state index contributed by atoms with van der Waals surface area (Å²) in [7, 11) is 0. The monoisotopic (exact) mass is 257 g/mol. The fraction of sp³-hybridized carbons (Fsp3) is 0.538. The molecule has 2 nitrogen and oxygen atoms in total. The van der Waals surface area contributed by atoms with Crippen LogP contribution in [0.15, 0.2) is 24.3 Å². The van der Waals surface area contributed by atoms with Gasteiger partial charge in [0.2, 0.25) is 0 Å². The van der Waals surface area contributed by atoms with Crippen molar-refractivity contribution in [2.24, 2.45) is 0 Å². The van der Waals surface area contributed by atoms with Gasteiger partial charge >= 0.3 is 0 Å². The van der Waals surface area contributed by atoms with Crippen LogP contribution in [0.2, 0.25) is 0 Å². The number of hydrogen-bond acceptors (Lipinski definition) is 3. The van der Waals surface area contributed by atoms with E-state index in [9.17, 15) is 4.39 Å². The van der Waals surface area contributed by atoms with E-state index in [-0.39, 0.29) is 11.4 Å². The van der Waals surface area contributed by atoms with Crippen molar-refractivity contribution in [3.63, 3.8) is 0 Å². The lowest BCUT2D eigenvalue weighted by atomic mass is 9.94. The Morgan fingerprint density at radius 1 is 1.35 bits per heavy atom. The molecule has 0 heterocycles. The van der Waals surface area contributed by atoms with Crippen LogP contribution in [0.25, 0.3) is 0 Å². The predicted molar refractivity (Wildman–Crippen MR) is 71.9 cm³/mol. The van der Waals surface area contributed by atoms with E-state index in [2.05, 4.69) is 19.2 Å². The maximum absolute atomic E-state index is 13.5. The molecule has 0 spiro atoms. The zero-order chi connectivity index (χ0) is 12.7. The first-order valence-electron chi connectivity index (χ1n) is 5.80. The van der Waals surface area contributed by atoms with Crippen LogP contribution in [0.4, 0.5) is 4.39 Å². The van der Waals surface area contributed by atoms with Gasteiger partial charge in [0.1, 0.15) is 5.82 Å². The third-order valence-electron chi connectivity index (χ3n) is 2.61. The Balaban J connectivity index is 2.46. The average Bonchev–Trinajstić information content (AvgIpc) is 2.28. The molecule has 96 valence electrons. The van der Waals surface area contributed by atoms with Gasteiger partial charge < -0.3 is 9.87 Å². The van der Waals surface area contributed by atoms with E-state index >= 15 is 0 Å². The molecule has 1 rings (SSSR count). The molecule has 0 unspecified atom stereocenters. The second-order valence-corrected chi connectivity index (χ2v) is 5.43. The molecule has 1 aromatic carbocycles. The molecule has 0 aliphatic rings. The summed E-state index contributed by atoms with van der Waals surface area (Å²) in [6.07, 6.45) is 1.56. The molecule has 0 aliphatic carbocycles. The minimum absolute atomic E-state index is 0.137. The zero-order valence-corrected chi connectivity index (χ0v) is 11.2. The summed E-state index contributed by atoms with van der Waals surface area (Å²) in [5, 5.41) is 3.38. The lowest BCUT2D eigenvalue weighted by Gasteiger charge is -2.26. The second-order valence-electron chi connectivity index (χ2n) is 4.77. The second kappa shape index (κ2) is 6.99. The molecule has 17 heavy (non-hydrogen) atoms. The molecule has 0 fully saturated rings. The van der Waals surface area contributed by atoms with Gasteiger partial charge in [-0.05, 0) is 56.9 Å². The largest absolute Gasteiger partial charge is 0.330 e. The van der Waals surface area contributed by atoms with Crippen LogP contribution in [-0.2, 0) is 6.42 Å². The first-order chi connectivity index (χ1) is 8.05. The zero-order valence-electron chi connectivity index (χ0n) is 10.4. The fourth-order valence-corrected chi connectivity index (χ4v) is 2.02. The van der Waals surface area contributed by atoms with Gasteiger partial charge in [0.05, 0.1) is 0 Å². The van der Waals surface area contributed by atoms with Gasteiger partial charge in [-0.1, -0.05) is 18.2 Å². The number of nitrogens with one attached hydrogen (secondary N) is 1. The van der Waals surface area contributed by atoms with Crippen LogP contribution in [0, 0.1) is 5.82 Å². The molecular weight excluding hydrogens is 237 g/mol. The molecule has 2 N–H and O–H groups in total. The van der Waals surface area contributed by atoms with E-state index in [1.165, 1.54) is 6.07 Å². The summed E-state index contributed by atoms with van der Waals surface area (Å²) >= 11 is 0.859. The molecule has 0 bridgehead atoms. The first-order valence-corrected chi connectivity index (χ1v) is 6.74. The molecule has 1 aromatic rings. The summed E-state index contributed by atoms with van der Waals surface area (Å²) in [5.74, 6) is 0.580. The Morgan fingerprint density at radius 3 is 2.71 bits per heavy atom. The lowest BCUT2D eigenvalue weighted by molar-refractivity contribution is 0.381. The standard InChI is InChI=1S/C13H20FNOS/c1-13(2,15-8-5-9-17-16)10-11-6-3-4-7-12(11)14/h3-4,6-7,15-16H,5,8-10H2,1-2H3. The van der Waals surface area contributed by atoms with Crippen LogP contribution >= 0.6 is 12.0 Å². The van der Waals surface area contributed by atoms with Crippen molar-refractivity contribution < 1.29 is 8.94 Å². The van der Waals surface area contributed by atoms with E-state index in [4.69, 9.17) is 4.55 Å². The number of rotatable bonds is 7. The van der Waals surface area contributed by atoms with Crippen LogP contribution < -0.4 is 5.32 Å². The van der Waals surface area contributed by atoms with E-state index in [0.717, 1.165) is 36.3 Å². The van der Waals surface area contributed by atoms with Gasteiger partial charge in [0, 0.05) is 11.3 Å². The maximum atomic E-state index is 13.5. The molecule has 0 saturated heterocycles. The van der Waals surface area contributed by atoms with Gasteiger partial charge in [-0.2, -0.15) is 0 Å². The Bertz CT molecular complexity index is 344. The molecule has 0 saturated carbocycles. The molecule has 0 aromatic heterocycles. The van der Waals surface area contributed by atoms with Crippen molar-refractivity contribution in [2.45, 2.75) is 32.2 Å². The smallest absolute Gasteiger partial charge is 0.126 e. The van der Waals surface area contributed by atoms with Crippen molar-refractivity contribution >= 4 is 12.0 Å². The highest BCUT2D eigenvalue weighted by Gasteiger charge is 2.18. The minimum atomic E-state index is -0.145. The first kappa shape index (κ1) is 14.5. The van der Waals surface area contributed by atoms with Crippen molar-refractivity contribution in [3.8, 4) is 0 Å². The van der Waals surface area contributed by atoms with E-state index < -0.39 is 0 Å². The maximum Gasteiger partial charge on any atom is 0.126 e. The molecule has 0 radical (unpaired) electrons. The van der Waals surface area contributed by atoms with Gasteiger partial charge in [-0.15, -0.1) is 0 Å². The molecule has 0 amide bonds. The Hall–Kier alpha value is -0.580. The third kappa shape index (κ3) is 5.52. The molecular formula is C13H20FNOS. The fourth-order valence-electron chi connectivity index (χ4n) is 1.74. The van der Waals surface area contributed by atoms with Crippen molar-refractivity contribution in [3.05, 3.63) is 35.6 Å². The summed E-state index contributed by atoms with van der Waals surface area (Å²) in [6, 6.07) is 6.88. The van der Waals surface area contributed by atoms with Crippen LogP contribution in [-0.4, -0.2) is 22.4 Å². The number of benzene rings is 1. The highest BCUT2D eigenvalue weighted by molar-refractivity contribution is 7.93.